The molecule has 0 bridgehead atoms. The Hall–Kier alpha value is -2.23. The molecule has 0 aliphatic heterocycles. The van der Waals surface area contributed by atoms with Crippen LogP contribution in [0.1, 0.15) is 5.56 Å². The second kappa shape index (κ2) is 6.71. The lowest BCUT2D eigenvalue weighted by molar-refractivity contribution is 1.08. The molecule has 0 atom stereocenters. The summed E-state index contributed by atoms with van der Waals surface area (Å²) in [4.78, 5) is 7.89. The van der Waals surface area contributed by atoms with Gasteiger partial charge in [0.05, 0.1) is 11.0 Å². The van der Waals surface area contributed by atoms with Crippen LogP contribution in [0.4, 0.5) is 0 Å². The molecule has 4 heteroatoms. The van der Waals surface area contributed by atoms with Crippen molar-refractivity contribution in [1.82, 2.24) is 9.97 Å². The molecule has 2 nitrogen and oxygen atoms in total. The number of H-pyrrole nitrogens is 1. The number of nitrogens with zero attached hydrogens (tertiary/aromatic N) is 1. The Kier molecular flexibility index (Phi) is 4.28. The first kappa shape index (κ1) is 15.3. The quantitative estimate of drug-likeness (QED) is 0.445. The fraction of sp³-hybridized carbons (Fsp3) is 0.0500. The molecular formula is C20H15ClN2S. The summed E-state index contributed by atoms with van der Waals surface area (Å²) in [6.45, 7) is 0. The maximum Gasteiger partial charge on any atom is 0.166 e. The van der Waals surface area contributed by atoms with E-state index in [4.69, 9.17) is 11.6 Å². The fourth-order valence-corrected chi connectivity index (χ4v) is 3.62. The Morgan fingerprint density at radius 2 is 1.62 bits per heavy atom. The lowest BCUT2D eigenvalue weighted by atomic mass is 10.0. The number of hydrogen-bond donors (Lipinski definition) is 1. The van der Waals surface area contributed by atoms with Crippen molar-refractivity contribution < 1.29 is 0 Å². The summed E-state index contributed by atoms with van der Waals surface area (Å²) in [6.07, 6.45) is 0. The first-order chi connectivity index (χ1) is 11.8. The molecule has 0 aliphatic carbocycles. The number of halogens is 1. The molecule has 3 aromatic carbocycles. The van der Waals surface area contributed by atoms with Crippen LogP contribution in [0.15, 0.2) is 78.0 Å². The third kappa shape index (κ3) is 3.32. The zero-order valence-corrected chi connectivity index (χ0v) is 14.4. The third-order valence-electron chi connectivity index (χ3n) is 3.86. The Morgan fingerprint density at radius 1 is 0.875 bits per heavy atom. The number of thioether (sulfide) groups is 1. The molecule has 0 fully saturated rings. The van der Waals surface area contributed by atoms with Gasteiger partial charge in [0, 0.05) is 10.8 Å². The molecule has 1 heterocycles. The van der Waals surface area contributed by atoms with Gasteiger partial charge in [-0.1, -0.05) is 78.0 Å². The highest BCUT2D eigenvalue weighted by atomic mass is 35.5. The lowest BCUT2D eigenvalue weighted by Gasteiger charge is -2.03. The zero-order valence-electron chi connectivity index (χ0n) is 12.9. The average molecular weight is 351 g/mol. The highest BCUT2D eigenvalue weighted by Crippen LogP contribution is 2.26. The van der Waals surface area contributed by atoms with Crippen LogP contribution in [0.5, 0.6) is 0 Å². The van der Waals surface area contributed by atoms with E-state index < -0.39 is 0 Å². The van der Waals surface area contributed by atoms with Crippen LogP contribution >= 0.6 is 23.4 Å². The van der Waals surface area contributed by atoms with Gasteiger partial charge < -0.3 is 4.98 Å². The number of nitrogens with one attached hydrogen (secondary N) is 1. The van der Waals surface area contributed by atoms with Crippen molar-refractivity contribution in [2.75, 3.05) is 0 Å². The van der Waals surface area contributed by atoms with Crippen molar-refractivity contribution in [3.8, 4) is 11.1 Å². The van der Waals surface area contributed by atoms with Crippen molar-refractivity contribution in [2.24, 2.45) is 0 Å². The molecule has 0 radical (unpaired) electrons. The topological polar surface area (TPSA) is 28.7 Å². The maximum absolute atomic E-state index is 6.01. The summed E-state index contributed by atoms with van der Waals surface area (Å²) in [6, 6.07) is 24.8. The zero-order chi connectivity index (χ0) is 16.4. The van der Waals surface area contributed by atoms with Crippen molar-refractivity contribution in [1.29, 1.82) is 0 Å². The predicted molar refractivity (Wildman–Crippen MR) is 103 cm³/mol. The molecule has 1 aromatic heterocycles. The number of aromatic nitrogens is 2. The van der Waals surface area contributed by atoms with Gasteiger partial charge in [0.2, 0.25) is 0 Å². The molecule has 118 valence electrons. The van der Waals surface area contributed by atoms with Gasteiger partial charge in [0.15, 0.2) is 5.16 Å². The van der Waals surface area contributed by atoms with E-state index in [0.29, 0.717) is 0 Å². The van der Waals surface area contributed by atoms with Gasteiger partial charge in [-0.25, -0.2) is 4.98 Å². The van der Waals surface area contributed by atoms with Gasteiger partial charge in [-0.3, -0.25) is 0 Å². The molecule has 0 saturated heterocycles. The van der Waals surface area contributed by atoms with E-state index in [1.807, 2.05) is 24.3 Å². The minimum atomic E-state index is 0.721. The van der Waals surface area contributed by atoms with E-state index in [2.05, 4.69) is 58.5 Å². The predicted octanol–water partition coefficient (Wildman–Crippen LogP) is 6.18. The Bertz CT molecular complexity index is 962. The Labute approximate surface area is 149 Å². The SMILES string of the molecule is Clc1ccc2nc(SCc3ccc(-c4ccccc4)cc3)[nH]c2c1. The summed E-state index contributed by atoms with van der Waals surface area (Å²) in [5.41, 5.74) is 5.68. The van der Waals surface area contributed by atoms with Crippen LogP contribution in [-0.2, 0) is 5.75 Å². The molecule has 0 unspecified atom stereocenters. The molecule has 0 amide bonds. The normalized spacial score (nSPS) is 11.0. The van der Waals surface area contributed by atoms with Crippen molar-refractivity contribution in [3.05, 3.63) is 83.4 Å². The minimum Gasteiger partial charge on any atom is -0.333 e. The summed E-state index contributed by atoms with van der Waals surface area (Å²) in [5.74, 6) is 0.878. The molecule has 4 rings (SSSR count). The summed E-state index contributed by atoms with van der Waals surface area (Å²) < 4.78 is 0. The second-order valence-corrected chi connectivity index (χ2v) is 6.96. The van der Waals surface area contributed by atoms with Crippen molar-refractivity contribution in [2.45, 2.75) is 10.9 Å². The number of fused-ring (bicyclic) bond motifs is 1. The highest BCUT2D eigenvalue weighted by Gasteiger charge is 2.05. The van der Waals surface area contributed by atoms with Crippen LogP contribution in [0, 0.1) is 0 Å². The van der Waals surface area contributed by atoms with E-state index >= 15 is 0 Å². The Balaban J connectivity index is 1.47. The van der Waals surface area contributed by atoms with Crippen LogP contribution in [0.25, 0.3) is 22.2 Å². The summed E-state index contributed by atoms with van der Waals surface area (Å²) in [7, 11) is 0. The number of aromatic amines is 1. The molecule has 4 aromatic rings. The van der Waals surface area contributed by atoms with Gasteiger partial charge in [0.25, 0.3) is 0 Å². The van der Waals surface area contributed by atoms with Gasteiger partial charge >= 0.3 is 0 Å². The molecule has 1 N–H and O–H groups in total. The first-order valence-electron chi connectivity index (χ1n) is 7.70. The second-order valence-electron chi connectivity index (χ2n) is 5.56. The maximum atomic E-state index is 6.01. The van der Waals surface area contributed by atoms with Crippen molar-refractivity contribution >= 4 is 34.4 Å². The van der Waals surface area contributed by atoms with Crippen LogP contribution in [-0.4, -0.2) is 9.97 Å². The van der Waals surface area contributed by atoms with E-state index in [9.17, 15) is 0 Å². The van der Waals surface area contributed by atoms with Crippen LogP contribution in [0.2, 0.25) is 5.02 Å². The number of imidazole rings is 1. The number of hydrogen-bond acceptors (Lipinski definition) is 2. The third-order valence-corrected chi connectivity index (χ3v) is 5.04. The summed E-state index contributed by atoms with van der Waals surface area (Å²) in [5, 5.41) is 1.64. The fourth-order valence-electron chi connectivity index (χ4n) is 2.60. The number of rotatable bonds is 4. The molecule has 0 spiro atoms. The lowest BCUT2D eigenvalue weighted by Crippen LogP contribution is -1.83. The minimum absolute atomic E-state index is 0.721. The number of benzene rings is 3. The van der Waals surface area contributed by atoms with E-state index in [-0.39, 0.29) is 0 Å². The van der Waals surface area contributed by atoms with E-state index in [1.54, 1.807) is 11.8 Å². The van der Waals surface area contributed by atoms with E-state index in [1.165, 1.54) is 16.7 Å². The summed E-state index contributed by atoms with van der Waals surface area (Å²) >= 11 is 7.71. The monoisotopic (exact) mass is 350 g/mol. The van der Waals surface area contributed by atoms with Crippen LogP contribution in [0.3, 0.4) is 0 Å². The van der Waals surface area contributed by atoms with Crippen LogP contribution < -0.4 is 0 Å². The molecule has 0 saturated carbocycles. The first-order valence-corrected chi connectivity index (χ1v) is 9.07. The standard InChI is InChI=1S/C20H15ClN2S/c21-17-10-11-18-19(12-17)23-20(22-18)24-13-14-6-8-16(9-7-14)15-4-2-1-3-5-15/h1-12H,13H2,(H,22,23). The average Bonchev–Trinajstić information content (AvgIpc) is 3.03. The Morgan fingerprint density at radius 3 is 2.42 bits per heavy atom. The van der Waals surface area contributed by atoms with Crippen molar-refractivity contribution in [3.63, 3.8) is 0 Å². The highest BCUT2D eigenvalue weighted by molar-refractivity contribution is 7.98. The molecular weight excluding hydrogens is 336 g/mol. The largest absolute Gasteiger partial charge is 0.333 e. The smallest absolute Gasteiger partial charge is 0.166 e. The van der Waals surface area contributed by atoms with Gasteiger partial charge in [0.1, 0.15) is 0 Å². The van der Waals surface area contributed by atoms with Gasteiger partial charge in [-0.15, -0.1) is 0 Å². The van der Waals surface area contributed by atoms with Gasteiger partial charge in [-0.05, 0) is 34.9 Å². The van der Waals surface area contributed by atoms with Gasteiger partial charge in [-0.2, -0.15) is 0 Å². The molecule has 24 heavy (non-hydrogen) atoms. The molecule has 0 aliphatic rings. The van der Waals surface area contributed by atoms with E-state index in [0.717, 1.165) is 27.0 Å².